The zero-order chi connectivity index (χ0) is 17.9. The number of rotatable bonds is 4. The van der Waals surface area contributed by atoms with E-state index in [9.17, 15) is 9.59 Å². The second-order valence-corrected chi connectivity index (χ2v) is 4.66. The van der Waals surface area contributed by atoms with Crippen LogP contribution in [0.2, 0.25) is 0 Å². The van der Waals surface area contributed by atoms with Gasteiger partial charge in [0.2, 0.25) is 0 Å². The van der Waals surface area contributed by atoms with Gasteiger partial charge in [0.25, 0.3) is 0 Å². The summed E-state index contributed by atoms with van der Waals surface area (Å²) in [7, 11) is 3.90. The number of hydrogen-bond acceptors (Lipinski definition) is 7. The molecular formula is C16H15N3O5. The maximum absolute atomic E-state index is 12.1. The van der Waals surface area contributed by atoms with Gasteiger partial charge in [-0.25, -0.2) is 9.59 Å². The van der Waals surface area contributed by atoms with Crippen molar-refractivity contribution in [1.29, 1.82) is 5.26 Å². The highest BCUT2D eigenvalue weighted by molar-refractivity contribution is 5.96. The summed E-state index contributed by atoms with van der Waals surface area (Å²) in [4.78, 5) is 23.8. The third kappa shape index (κ3) is 2.75. The van der Waals surface area contributed by atoms with Crippen LogP contribution in [0.25, 0.3) is 5.69 Å². The van der Waals surface area contributed by atoms with E-state index in [1.54, 1.807) is 6.07 Å². The average Bonchev–Trinajstić information content (AvgIpc) is 2.96. The van der Waals surface area contributed by atoms with Gasteiger partial charge in [-0.3, -0.25) is 0 Å². The van der Waals surface area contributed by atoms with Gasteiger partial charge in [-0.1, -0.05) is 0 Å². The highest BCUT2D eigenvalue weighted by Crippen LogP contribution is 2.31. The Labute approximate surface area is 137 Å². The van der Waals surface area contributed by atoms with Crippen molar-refractivity contribution in [2.75, 3.05) is 27.1 Å². The Hall–Kier alpha value is -3.47. The molecule has 1 aromatic carbocycles. The SMILES string of the molecule is COC(=O)c1ccc(OC)c(-n2cc(C#N)c(N)c2C(=O)OC)c1. The summed E-state index contributed by atoms with van der Waals surface area (Å²) >= 11 is 0. The number of anilines is 1. The molecule has 8 nitrogen and oxygen atoms in total. The van der Waals surface area contributed by atoms with Gasteiger partial charge >= 0.3 is 11.9 Å². The fourth-order valence-electron chi connectivity index (χ4n) is 2.23. The van der Waals surface area contributed by atoms with Gasteiger partial charge in [0.1, 0.15) is 11.8 Å². The number of aromatic nitrogens is 1. The molecule has 2 rings (SSSR count). The summed E-state index contributed by atoms with van der Waals surface area (Å²) in [5.41, 5.74) is 6.50. The van der Waals surface area contributed by atoms with Crippen molar-refractivity contribution in [3.63, 3.8) is 0 Å². The van der Waals surface area contributed by atoms with Crippen LogP contribution in [0.15, 0.2) is 24.4 Å². The van der Waals surface area contributed by atoms with Gasteiger partial charge in [-0.15, -0.1) is 0 Å². The minimum absolute atomic E-state index is 0.0186. The molecule has 0 aliphatic carbocycles. The molecule has 124 valence electrons. The quantitative estimate of drug-likeness (QED) is 0.845. The molecule has 0 atom stereocenters. The maximum atomic E-state index is 12.1. The molecule has 8 heteroatoms. The van der Waals surface area contributed by atoms with Gasteiger partial charge < -0.3 is 24.5 Å². The molecule has 0 spiro atoms. The molecule has 0 amide bonds. The summed E-state index contributed by atoms with van der Waals surface area (Å²) in [6, 6.07) is 6.44. The Balaban J connectivity index is 2.78. The molecule has 0 radical (unpaired) electrons. The Bertz CT molecular complexity index is 848. The Kier molecular flexibility index (Phi) is 4.75. The summed E-state index contributed by atoms with van der Waals surface area (Å²) in [5, 5.41) is 9.16. The predicted molar refractivity (Wildman–Crippen MR) is 84.1 cm³/mol. The van der Waals surface area contributed by atoms with Crippen LogP contribution in [0.5, 0.6) is 5.75 Å². The number of benzene rings is 1. The number of hydrogen-bond donors (Lipinski definition) is 1. The van der Waals surface area contributed by atoms with Crippen LogP contribution in [-0.2, 0) is 9.47 Å². The molecule has 0 saturated heterocycles. The molecule has 24 heavy (non-hydrogen) atoms. The molecule has 1 aromatic heterocycles. The van der Waals surface area contributed by atoms with E-state index in [4.69, 9.17) is 25.2 Å². The first-order chi connectivity index (χ1) is 11.5. The van der Waals surface area contributed by atoms with E-state index in [0.29, 0.717) is 11.4 Å². The lowest BCUT2D eigenvalue weighted by Crippen LogP contribution is -2.12. The second-order valence-electron chi connectivity index (χ2n) is 4.66. The average molecular weight is 329 g/mol. The van der Waals surface area contributed by atoms with Gasteiger partial charge in [0, 0.05) is 6.20 Å². The Morgan fingerprint density at radius 2 is 1.83 bits per heavy atom. The number of carbonyl (C=O) groups excluding carboxylic acids is 2. The Morgan fingerprint density at radius 1 is 1.17 bits per heavy atom. The predicted octanol–water partition coefficient (Wildman–Crippen LogP) is 1.51. The van der Waals surface area contributed by atoms with Gasteiger partial charge in [-0.2, -0.15) is 5.26 Å². The van der Waals surface area contributed by atoms with Gasteiger partial charge in [0.15, 0.2) is 5.69 Å². The smallest absolute Gasteiger partial charge is 0.357 e. The van der Waals surface area contributed by atoms with Crippen LogP contribution in [-0.4, -0.2) is 37.8 Å². The standard InChI is InChI=1S/C16H15N3O5/c1-22-12-5-4-9(15(20)23-2)6-11(12)19-8-10(7-17)13(18)14(19)16(21)24-3/h4-6,8H,18H2,1-3H3. The van der Waals surface area contributed by atoms with Gasteiger partial charge in [-0.05, 0) is 18.2 Å². The lowest BCUT2D eigenvalue weighted by atomic mass is 10.1. The summed E-state index contributed by atoms with van der Waals surface area (Å²) in [5.74, 6) is -0.911. The van der Waals surface area contributed by atoms with Crippen molar-refractivity contribution in [2.24, 2.45) is 0 Å². The monoisotopic (exact) mass is 329 g/mol. The van der Waals surface area contributed by atoms with Crippen LogP contribution in [0.3, 0.4) is 0 Å². The van der Waals surface area contributed by atoms with E-state index in [0.717, 1.165) is 0 Å². The zero-order valence-electron chi connectivity index (χ0n) is 13.3. The number of nitrogens with zero attached hydrogens (tertiary/aromatic N) is 2. The van der Waals surface area contributed by atoms with Gasteiger partial charge in [0.05, 0.1) is 43.8 Å². The zero-order valence-corrected chi connectivity index (χ0v) is 13.3. The van der Waals surface area contributed by atoms with E-state index in [2.05, 4.69) is 0 Å². The number of ether oxygens (including phenoxy) is 3. The van der Waals surface area contributed by atoms with E-state index >= 15 is 0 Å². The third-order valence-electron chi connectivity index (χ3n) is 3.40. The van der Waals surface area contributed by atoms with Crippen molar-refractivity contribution in [2.45, 2.75) is 0 Å². The topological polar surface area (TPSA) is 117 Å². The number of nitriles is 1. The molecule has 1 heterocycles. The van der Waals surface area contributed by atoms with E-state index in [-0.39, 0.29) is 22.5 Å². The summed E-state index contributed by atoms with van der Waals surface area (Å²) in [6.45, 7) is 0. The fraction of sp³-hybridized carbons (Fsp3) is 0.188. The lowest BCUT2D eigenvalue weighted by Gasteiger charge is -2.13. The molecule has 0 fully saturated rings. The number of nitrogens with two attached hydrogens (primary N) is 1. The first-order valence-electron chi connectivity index (χ1n) is 6.74. The first-order valence-corrected chi connectivity index (χ1v) is 6.74. The molecule has 0 aliphatic heterocycles. The van der Waals surface area contributed by atoms with E-state index < -0.39 is 11.9 Å². The third-order valence-corrected chi connectivity index (χ3v) is 3.40. The number of methoxy groups -OCH3 is 3. The van der Waals surface area contributed by atoms with Crippen molar-refractivity contribution in [3.05, 3.63) is 41.2 Å². The number of nitrogen functional groups attached to an aromatic ring is 1. The maximum Gasteiger partial charge on any atom is 0.357 e. The lowest BCUT2D eigenvalue weighted by molar-refractivity contribution is 0.0588. The number of esters is 2. The van der Waals surface area contributed by atoms with Crippen LogP contribution in [0.1, 0.15) is 26.4 Å². The minimum atomic E-state index is -0.723. The summed E-state index contributed by atoms with van der Waals surface area (Å²) in [6.07, 6.45) is 1.38. The highest BCUT2D eigenvalue weighted by Gasteiger charge is 2.24. The molecule has 0 saturated carbocycles. The van der Waals surface area contributed by atoms with E-state index in [1.807, 2.05) is 6.07 Å². The van der Waals surface area contributed by atoms with Crippen LogP contribution in [0, 0.1) is 11.3 Å². The number of carbonyl (C=O) groups is 2. The molecule has 2 aromatic rings. The molecule has 0 unspecified atom stereocenters. The second kappa shape index (κ2) is 6.75. The van der Waals surface area contributed by atoms with Crippen LogP contribution < -0.4 is 10.5 Å². The Morgan fingerprint density at radius 3 is 2.38 bits per heavy atom. The summed E-state index contributed by atoms with van der Waals surface area (Å²) < 4.78 is 16.0. The van der Waals surface area contributed by atoms with Crippen molar-refractivity contribution in [1.82, 2.24) is 4.57 Å². The molecule has 2 N–H and O–H groups in total. The minimum Gasteiger partial charge on any atom is -0.495 e. The van der Waals surface area contributed by atoms with Crippen molar-refractivity contribution >= 4 is 17.6 Å². The molecular weight excluding hydrogens is 314 g/mol. The fourth-order valence-corrected chi connectivity index (χ4v) is 2.23. The first kappa shape index (κ1) is 16.9. The van der Waals surface area contributed by atoms with Crippen molar-refractivity contribution < 1.29 is 23.8 Å². The van der Waals surface area contributed by atoms with Crippen LogP contribution in [0.4, 0.5) is 5.69 Å². The molecule has 0 aliphatic rings. The largest absolute Gasteiger partial charge is 0.495 e. The normalized spacial score (nSPS) is 9.92. The van der Waals surface area contributed by atoms with Crippen molar-refractivity contribution in [3.8, 4) is 17.5 Å². The van der Waals surface area contributed by atoms with Crippen LogP contribution >= 0.6 is 0 Å². The van der Waals surface area contributed by atoms with E-state index in [1.165, 1.54) is 44.2 Å². The molecule has 0 bridgehead atoms. The highest BCUT2D eigenvalue weighted by atomic mass is 16.5.